The summed E-state index contributed by atoms with van der Waals surface area (Å²) in [6.45, 7) is 9.75. The molecular formula is C23H33N3O. The van der Waals surface area contributed by atoms with Crippen LogP contribution in [0.4, 0.5) is 0 Å². The smallest absolute Gasteiger partial charge is 0.226 e. The summed E-state index contributed by atoms with van der Waals surface area (Å²) in [7, 11) is 2.09. The Morgan fingerprint density at radius 1 is 1.19 bits per heavy atom. The van der Waals surface area contributed by atoms with Gasteiger partial charge in [-0.3, -0.25) is 4.79 Å². The number of carbonyl (C=O) groups excluding carboxylic acids is 1. The average molecular weight is 368 g/mol. The number of carbonyl (C=O) groups is 1. The number of fused-ring (bicyclic) bond motifs is 1. The second-order valence-electron chi connectivity index (χ2n) is 9.43. The molecule has 2 fully saturated rings. The van der Waals surface area contributed by atoms with E-state index in [0.29, 0.717) is 11.8 Å². The van der Waals surface area contributed by atoms with E-state index in [4.69, 9.17) is 0 Å². The predicted octanol–water partition coefficient (Wildman–Crippen LogP) is 4.86. The lowest BCUT2D eigenvalue weighted by Crippen LogP contribution is -2.53. The highest BCUT2D eigenvalue weighted by Crippen LogP contribution is 2.42. The van der Waals surface area contributed by atoms with E-state index in [9.17, 15) is 4.79 Å². The van der Waals surface area contributed by atoms with Gasteiger partial charge >= 0.3 is 0 Å². The maximum Gasteiger partial charge on any atom is 0.226 e. The van der Waals surface area contributed by atoms with Gasteiger partial charge in [-0.05, 0) is 76.0 Å². The Balaban J connectivity index is 1.64. The molecule has 27 heavy (non-hydrogen) atoms. The highest BCUT2D eigenvalue weighted by molar-refractivity contribution is 5.85. The van der Waals surface area contributed by atoms with E-state index in [1.165, 1.54) is 34.9 Å². The van der Waals surface area contributed by atoms with Gasteiger partial charge in [-0.1, -0.05) is 12.8 Å². The van der Waals surface area contributed by atoms with Gasteiger partial charge in [-0.15, -0.1) is 0 Å². The van der Waals surface area contributed by atoms with Gasteiger partial charge in [0.25, 0.3) is 0 Å². The van der Waals surface area contributed by atoms with Crippen LogP contribution in [0.3, 0.4) is 0 Å². The number of nitrogens with zero attached hydrogens (tertiary/aromatic N) is 3. The van der Waals surface area contributed by atoms with Crippen molar-refractivity contribution in [3.63, 3.8) is 0 Å². The van der Waals surface area contributed by atoms with Gasteiger partial charge < -0.3 is 9.47 Å². The molecule has 1 saturated carbocycles. The van der Waals surface area contributed by atoms with Crippen molar-refractivity contribution in [1.29, 1.82) is 0 Å². The van der Waals surface area contributed by atoms with Gasteiger partial charge in [-0.2, -0.15) is 0 Å². The predicted molar refractivity (Wildman–Crippen MR) is 110 cm³/mol. The van der Waals surface area contributed by atoms with Gasteiger partial charge in [0, 0.05) is 42.8 Å². The Morgan fingerprint density at radius 3 is 2.56 bits per heavy atom. The minimum atomic E-state index is -0.0874. The molecule has 1 aliphatic heterocycles. The molecule has 4 nitrogen and oxygen atoms in total. The van der Waals surface area contributed by atoms with E-state index in [1.807, 2.05) is 6.20 Å². The number of hydrogen-bond acceptors (Lipinski definition) is 2. The van der Waals surface area contributed by atoms with Crippen LogP contribution in [0.25, 0.3) is 11.0 Å². The number of aryl methyl sites for hydroxylation is 3. The summed E-state index contributed by atoms with van der Waals surface area (Å²) in [5.74, 6) is 1.16. The first-order valence-electron chi connectivity index (χ1n) is 10.5. The zero-order valence-corrected chi connectivity index (χ0v) is 17.5. The number of piperidine rings is 1. The summed E-state index contributed by atoms with van der Waals surface area (Å²) in [4.78, 5) is 20.0. The SMILES string of the molecule is Cc1cnc2c(c([C@@H]3CCN(C(=O)C4CCCC4)C(C)(C)C3)cn2C)c1C. The van der Waals surface area contributed by atoms with Gasteiger partial charge in [0.1, 0.15) is 5.65 Å². The molecule has 0 radical (unpaired) electrons. The first kappa shape index (κ1) is 18.5. The molecule has 1 aliphatic carbocycles. The van der Waals surface area contributed by atoms with Crippen molar-refractivity contribution in [1.82, 2.24) is 14.5 Å². The van der Waals surface area contributed by atoms with Crippen LogP contribution in [0.2, 0.25) is 0 Å². The van der Waals surface area contributed by atoms with Crippen molar-refractivity contribution in [2.24, 2.45) is 13.0 Å². The number of pyridine rings is 1. The molecule has 4 heteroatoms. The van der Waals surface area contributed by atoms with Gasteiger partial charge in [-0.25, -0.2) is 4.98 Å². The van der Waals surface area contributed by atoms with Crippen LogP contribution in [0.5, 0.6) is 0 Å². The quantitative estimate of drug-likeness (QED) is 0.760. The van der Waals surface area contributed by atoms with E-state index in [0.717, 1.165) is 37.9 Å². The zero-order valence-electron chi connectivity index (χ0n) is 17.5. The third-order valence-electron chi connectivity index (χ3n) is 7.11. The fraction of sp³-hybridized carbons (Fsp3) is 0.652. The first-order valence-corrected chi connectivity index (χ1v) is 10.5. The Bertz CT molecular complexity index is 873. The zero-order chi connectivity index (χ0) is 19.3. The highest BCUT2D eigenvalue weighted by Gasteiger charge is 2.41. The van der Waals surface area contributed by atoms with Gasteiger partial charge in [0.15, 0.2) is 0 Å². The van der Waals surface area contributed by atoms with Crippen LogP contribution in [0, 0.1) is 19.8 Å². The van der Waals surface area contributed by atoms with Crippen LogP contribution in [0.1, 0.15) is 75.0 Å². The Kier molecular flexibility index (Phi) is 4.56. The number of amides is 1. The van der Waals surface area contributed by atoms with Crippen LogP contribution in [0.15, 0.2) is 12.4 Å². The molecule has 2 aromatic rings. The van der Waals surface area contributed by atoms with E-state index < -0.39 is 0 Å². The number of hydrogen-bond donors (Lipinski definition) is 0. The monoisotopic (exact) mass is 367 g/mol. The van der Waals surface area contributed by atoms with E-state index in [2.05, 4.69) is 55.4 Å². The first-order chi connectivity index (χ1) is 12.8. The van der Waals surface area contributed by atoms with Crippen molar-refractivity contribution in [3.8, 4) is 0 Å². The fourth-order valence-corrected chi connectivity index (χ4v) is 5.41. The van der Waals surface area contributed by atoms with Crippen molar-refractivity contribution < 1.29 is 4.79 Å². The molecule has 2 aliphatic rings. The molecular weight excluding hydrogens is 334 g/mol. The maximum absolute atomic E-state index is 13.1. The largest absolute Gasteiger partial charge is 0.337 e. The van der Waals surface area contributed by atoms with E-state index in [-0.39, 0.29) is 11.5 Å². The summed E-state index contributed by atoms with van der Waals surface area (Å²) in [5, 5.41) is 1.33. The summed E-state index contributed by atoms with van der Waals surface area (Å²) in [6, 6.07) is 0. The van der Waals surface area contributed by atoms with Crippen molar-refractivity contribution >= 4 is 16.9 Å². The third kappa shape index (κ3) is 3.07. The second kappa shape index (κ2) is 6.65. The molecule has 0 unspecified atom stereocenters. The van der Waals surface area contributed by atoms with E-state index >= 15 is 0 Å². The summed E-state index contributed by atoms with van der Waals surface area (Å²) < 4.78 is 2.17. The molecule has 2 aromatic heterocycles. The normalized spacial score (nSPS) is 23.3. The average Bonchev–Trinajstić information content (AvgIpc) is 3.25. The Labute approximate surface area is 163 Å². The number of aromatic nitrogens is 2. The molecule has 1 atom stereocenters. The number of rotatable bonds is 2. The molecule has 1 amide bonds. The minimum Gasteiger partial charge on any atom is -0.337 e. The molecule has 4 rings (SSSR count). The van der Waals surface area contributed by atoms with Gasteiger partial charge in [0.05, 0.1) is 0 Å². The third-order valence-corrected chi connectivity index (χ3v) is 7.11. The molecule has 0 N–H and O–H groups in total. The van der Waals surface area contributed by atoms with Gasteiger partial charge in [0.2, 0.25) is 5.91 Å². The van der Waals surface area contributed by atoms with Crippen LogP contribution in [-0.4, -0.2) is 32.4 Å². The molecule has 0 bridgehead atoms. The van der Waals surface area contributed by atoms with Crippen LogP contribution >= 0.6 is 0 Å². The Morgan fingerprint density at radius 2 is 1.89 bits per heavy atom. The highest BCUT2D eigenvalue weighted by atomic mass is 16.2. The molecule has 1 saturated heterocycles. The fourth-order valence-electron chi connectivity index (χ4n) is 5.41. The molecule has 3 heterocycles. The standard InChI is InChI=1S/C23H33N3O/c1-15-13-24-21-20(16(15)2)19(14-25(21)5)18-10-11-26(23(3,4)12-18)22(27)17-8-6-7-9-17/h13-14,17-18H,6-12H2,1-5H3/t18-/m1/s1. The lowest BCUT2D eigenvalue weighted by atomic mass is 9.78. The van der Waals surface area contributed by atoms with Crippen molar-refractivity contribution in [2.75, 3.05) is 6.54 Å². The molecule has 146 valence electrons. The van der Waals surface area contributed by atoms with Crippen molar-refractivity contribution in [2.45, 2.75) is 77.7 Å². The maximum atomic E-state index is 13.1. The number of likely N-dealkylation sites (tertiary alicyclic amines) is 1. The lowest BCUT2D eigenvalue weighted by molar-refractivity contribution is -0.143. The summed E-state index contributed by atoms with van der Waals surface area (Å²) >= 11 is 0. The molecule has 0 spiro atoms. The second-order valence-corrected chi connectivity index (χ2v) is 9.43. The molecule has 0 aromatic carbocycles. The van der Waals surface area contributed by atoms with Crippen LogP contribution in [-0.2, 0) is 11.8 Å². The summed E-state index contributed by atoms with van der Waals surface area (Å²) in [5.41, 5.74) is 5.01. The Hall–Kier alpha value is -1.84. The van der Waals surface area contributed by atoms with Crippen molar-refractivity contribution in [3.05, 3.63) is 29.1 Å². The van der Waals surface area contributed by atoms with Crippen LogP contribution < -0.4 is 0 Å². The minimum absolute atomic E-state index is 0.0874. The lowest BCUT2D eigenvalue weighted by Gasteiger charge is -2.46. The summed E-state index contributed by atoms with van der Waals surface area (Å²) in [6.07, 6.45) is 10.9. The topological polar surface area (TPSA) is 38.1 Å². The van der Waals surface area contributed by atoms with E-state index in [1.54, 1.807) is 0 Å².